The smallest absolute Gasteiger partial charge is 0.0254 e. The van der Waals surface area contributed by atoms with Crippen LogP contribution in [0.2, 0.25) is 0 Å². The van der Waals surface area contributed by atoms with Gasteiger partial charge in [-0.25, -0.2) is 0 Å². The Labute approximate surface area is 102 Å². The Morgan fingerprint density at radius 2 is 2.00 bits per heavy atom. The second-order valence-electron chi connectivity index (χ2n) is 6.29. The fourth-order valence-corrected chi connectivity index (χ4v) is 2.37. The van der Waals surface area contributed by atoms with E-state index in [1.807, 2.05) is 0 Å². The molecule has 0 saturated heterocycles. The number of hydrogen-bond donors (Lipinski definition) is 1. The molecule has 1 unspecified atom stereocenters. The lowest BCUT2D eigenvalue weighted by Crippen LogP contribution is -2.48. The van der Waals surface area contributed by atoms with Gasteiger partial charge in [-0.2, -0.15) is 0 Å². The number of nitrogens with two attached hydrogens (primary N) is 1. The SMILES string of the molecule is CCCC(C)(N)CN(CCC(C)C)C1CC1. The topological polar surface area (TPSA) is 29.3 Å². The Hall–Kier alpha value is -0.0800. The molecule has 0 radical (unpaired) electrons. The Morgan fingerprint density at radius 3 is 2.44 bits per heavy atom. The maximum absolute atomic E-state index is 6.36. The molecule has 1 fully saturated rings. The summed E-state index contributed by atoms with van der Waals surface area (Å²) in [6, 6.07) is 0.846. The van der Waals surface area contributed by atoms with Crippen molar-refractivity contribution in [3.8, 4) is 0 Å². The third kappa shape index (κ3) is 5.31. The third-order valence-electron chi connectivity index (χ3n) is 3.44. The molecule has 2 N–H and O–H groups in total. The Kier molecular flexibility index (Phi) is 5.26. The standard InChI is InChI=1S/C14H30N2/c1-5-9-14(4,15)11-16(13-6-7-13)10-8-12(2)3/h12-13H,5-11,15H2,1-4H3. The maximum Gasteiger partial charge on any atom is 0.0254 e. The van der Waals surface area contributed by atoms with Crippen LogP contribution in [0.4, 0.5) is 0 Å². The van der Waals surface area contributed by atoms with Crippen LogP contribution in [0, 0.1) is 5.92 Å². The molecule has 0 aromatic rings. The highest BCUT2D eigenvalue weighted by Gasteiger charge is 2.32. The summed E-state index contributed by atoms with van der Waals surface area (Å²) in [5.74, 6) is 0.802. The molecule has 1 aliphatic carbocycles. The van der Waals surface area contributed by atoms with Crippen molar-refractivity contribution < 1.29 is 0 Å². The Balaban J connectivity index is 2.38. The molecule has 1 rings (SSSR count). The van der Waals surface area contributed by atoms with Gasteiger partial charge in [0.15, 0.2) is 0 Å². The second-order valence-corrected chi connectivity index (χ2v) is 6.29. The highest BCUT2D eigenvalue weighted by molar-refractivity contribution is 4.90. The number of hydrogen-bond acceptors (Lipinski definition) is 2. The summed E-state index contributed by atoms with van der Waals surface area (Å²) in [5, 5.41) is 0. The molecule has 0 spiro atoms. The van der Waals surface area contributed by atoms with E-state index in [1.165, 1.54) is 32.2 Å². The summed E-state index contributed by atoms with van der Waals surface area (Å²) in [7, 11) is 0. The van der Waals surface area contributed by atoms with Gasteiger partial charge in [0.1, 0.15) is 0 Å². The molecular weight excluding hydrogens is 196 g/mol. The van der Waals surface area contributed by atoms with E-state index < -0.39 is 0 Å². The van der Waals surface area contributed by atoms with Crippen LogP contribution in [0.15, 0.2) is 0 Å². The van der Waals surface area contributed by atoms with E-state index in [-0.39, 0.29) is 5.54 Å². The van der Waals surface area contributed by atoms with Crippen molar-refractivity contribution in [3.05, 3.63) is 0 Å². The second kappa shape index (κ2) is 6.02. The van der Waals surface area contributed by atoms with Crippen LogP contribution in [0.1, 0.15) is 59.8 Å². The first-order valence-electron chi connectivity index (χ1n) is 6.97. The summed E-state index contributed by atoms with van der Waals surface area (Å²) < 4.78 is 0. The normalized spacial score (nSPS) is 20.4. The lowest BCUT2D eigenvalue weighted by atomic mass is 9.96. The molecule has 1 saturated carbocycles. The molecule has 0 amide bonds. The first-order chi connectivity index (χ1) is 7.44. The van der Waals surface area contributed by atoms with Crippen molar-refractivity contribution in [2.24, 2.45) is 11.7 Å². The van der Waals surface area contributed by atoms with E-state index in [9.17, 15) is 0 Å². The summed E-state index contributed by atoms with van der Waals surface area (Å²) in [6.07, 6.45) is 6.41. The molecule has 96 valence electrons. The minimum Gasteiger partial charge on any atom is -0.324 e. The Bertz CT molecular complexity index is 195. The van der Waals surface area contributed by atoms with Crippen LogP contribution in [0.5, 0.6) is 0 Å². The zero-order chi connectivity index (χ0) is 12.2. The van der Waals surface area contributed by atoms with Gasteiger partial charge >= 0.3 is 0 Å². The lowest BCUT2D eigenvalue weighted by Gasteiger charge is -2.33. The number of rotatable bonds is 8. The van der Waals surface area contributed by atoms with Gasteiger partial charge < -0.3 is 5.73 Å². The molecule has 0 bridgehead atoms. The van der Waals surface area contributed by atoms with Crippen molar-refractivity contribution >= 4 is 0 Å². The average Bonchev–Trinajstić information content (AvgIpc) is 2.94. The van der Waals surface area contributed by atoms with E-state index in [4.69, 9.17) is 5.73 Å². The van der Waals surface area contributed by atoms with Gasteiger partial charge in [-0.05, 0) is 45.1 Å². The Morgan fingerprint density at radius 1 is 1.38 bits per heavy atom. The van der Waals surface area contributed by atoms with Gasteiger partial charge in [-0.1, -0.05) is 27.2 Å². The van der Waals surface area contributed by atoms with E-state index in [2.05, 4.69) is 32.6 Å². The maximum atomic E-state index is 6.36. The summed E-state index contributed by atoms with van der Waals surface area (Å²) in [5.41, 5.74) is 6.37. The fourth-order valence-electron chi connectivity index (χ4n) is 2.37. The molecule has 2 nitrogen and oxygen atoms in total. The fraction of sp³-hybridized carbons (Fsp3) is 1.00. The van der Waals surface area contributed by atoms with Crippen LogP contribution < -0.4 is 5.73 Å². The van der Waals surface area contributed by atoms with E-state index in [0.717, 1.165) is 24.9 Å². The van der Waals surface area contributed by atoms with E-state index in [0.29, 0.717) is 0 Å². The van der Waals surface area contributed by atoms with Gasteiger partial charge in [-0.3, -0.25) is 4.90 Å². The minimum atomic E-state index is 0.00825. The first kappa shape index (κ1) is 14.0. The van der Waals surface area contributed by atoms with Crippen LogP contribution >= 0.6 is 0 Å². The van der Waals surface area contributed by atoms with Crippen LogP contribution in [0.3, 0.4) is 0 Å². The molecule has 0 aliphatic heterocycles. The summed E-state index contributed by atoms with van der Waals surface area (Å²) in [6.45, 7) is 11.4. The van der Waals surface area contributed by atoms with Gasteiger partial charge in [0.2, 0.25) is 0 Å². The summed E-state index contributed by atoms with van der Waals surface area (Å²) >= 11 is 0. The zero-order valence-electron chi connectivity index (χ0n) is 11.6. The molecule has 0 aromatic carbocycles. The molecule has 1 aliphatic rings. The first-order valence-corrected chi connectivity index (χ1v) is 6.97. The van der Waals surface area contributed by atoms with E-state index in [1.54, 1.807) is 0 Å². The van der Waals surface area contributed by atoms with Crippen LogP contribution in [0.25, 0.3) is 0 Å². The quantitative estimate of drug-likeness (QED) is 0.689. The predicted molar refractivity (Wildman–Crippen MR) is 71.6 cm³/mol. The van der Waals surface area contributed by atoms with Gasteiger partial charge in [-0.15, -0.1) is 0 Å². The average molecular weight is 226 g/mol. The molecule has 1 atom stereocenters. The molecule has 0 heterocycles. The van der Waals surface area contributed by atoms with Crippen molar-refractivity contribution in [2.75, 3.05) is 13.1 Å². The van der Waals surface area contributed by atoms with Crippen LogP contribution in [-0.4, -0.2) is 29.6 Å². The van der Waals surface area contributed by atoms with Crippen molar-refractivity contribution in [3.63, 3.8) is 0 Å². The predicted octanol–water partition coefficient (Wildman–Crippen LogP) is 3.01. The van der Waals surface area contributed by atoms with Crippen molar-refractivity contribution in [1.29, 1.82) is 0 Å². The van der Waals surface area contributed by atoms with Gasteiger partial charge in [0, 0.05) is 18.1 Å². The molecule has 2 heteroatoms. The molecule has 16 heavy (non-hydrogen) atoms. The van der Waals surface area contributed by atoms with Crippen molar-refractivity contribution in [2.45, 2.75) is 71.4 Å². The molecule has 0 aromatic heterocycles. The number of nitrogens with zero attached hydrogens (tertiary/aromatic N) is 1. The monoisotopic (exact) mass is 226 g/mol. The van der Waals surface area contributed by atoms with Crippen molar-refractivity contribution in [1.82, 2.24) is 4.90 Å². The highest BCUT2D eigenvalue weighted by Crippen LogP contribution is 2.29. The third-order valence-corrected chi connectivity index (χ3v) is 3.44. The zero-order valence-corrected chi connectivity index (χ0v) is 11.6. The van der Waals surface area contributed by atoms with Gasteiger partial charge in [0.05, 0.1) is 0 Å². The minimum absolute atomic E-state index is 0.00825. The molecular formula is C14H30N2. The van der Waals surface area contributed by atoms with E-state index >= 15 is 0 Å². The largest absolute Gasteiger partial charge is 0.324 e. The lowest BCUT2D eigenvalue weighted by molar-refractivity contribution is 0.191. The van der Waals surface area contributed by atoms with Gasteiger partial charge in [0.25, 0.3) is 0 Å². The van der Waals surface area contributed by atoms with Crippen LogP contribution in [-0.2, 0) is 0 Å². The summed E-state index contributed by atoms with van der Waals surface area (Å²) in [4.78, 5) is 2.63. The highest BCUT2D eigenvalue weighted by atomic mass is 15.2.